The van der Waals surface area contributed by atoms with Crippen LogP contribution in [0.1, 0.15) is 23.6 Å². The van der Waals surface area contributed by atoms with Crippen molar-refractivity contribution >= 4 is 63.5 Å². The van der Waals surface area contributed by atoms with E-state index in [2.05, 4.69) is 27.9 Å². The number of hydrogen-bond donors (Lipinski definition) is 1. The summed E-state index contributed by atoms with van der Waals surface area (Å²) in [6.45, 7) is 4.52. The second-order valence-corrected chi connectivity index (χ2v) is 9.27. The molecule has 5 nitrogen and oxygen atoms in total. The molecule has 0 saturated carbocycles. The Balaban J connectivity index is 1.84. The molecule has 3 aromatic rings. The van der Waals surface area contributed by atoms with Crippen LogP contribution in [0.2, 0.25) is 10.0 Å². The first-order valence-electron chi connectivity index (χ1n) is 10.3. The number of ether oxygens (including phenoxy) is 2. The monoisotopic (exact) mass is 606 g/mol. The van der Waals surface area contributed by atoms with Gasteiger partial charge in [0.2, 0.25) is 0 Å². The van der Waals surface area contributed by atoms with E-state index in [0.717, 1.165) is 14.7 Å². The van der Waals surface area contributed by atoms with E-state index >= 15 is 0 Å². The molecule has 0 aromatic heterocycles. The van der Waals surface area contributed by atoms with E-state index in [4.69, 9.17) is 32.7 Å². The lowest BCUT2D eigenvalue weighted by molar-refractivity contribution is -0.112. The van der Waals surface area contributed by atoms with Gasteiger partial charge < -0.3 is 14.8 Å². The van der Waals surface area contributed by atoms with Gasteiger partial charge in [-0.2, -0.15) is 5.26 Å². The van der Waals surface area contributed by atoms with E-state index < -0.39 is 5.91 Å². The molecule has 0 radical (unpaired) electrons. The van der Waals surface area contributed by atoms with Crippen LogP contribution in [0.5, 0.6) is 11.5 Å². The third-order valence-corrected chi connectivity index (χ3v) is 6.22. The van der Waals surface area contributed by atoms with E-state index in [9.17, 15) is 10.1 Å². The van der Waals surface area contributed by atoms with E-state index in [0.29, 0.717) is 39.4 Å². The lowest BCUT2D eigenvalue weighted by Gasteiger charge is -2.15. The fraction of sp³-hybridized carbons (Fsp3) is 0.154. The number of anilines is 1. The summed E-state index contributed by atoms with van der Waals surface area (Å²) in [4.78, 5) is 12.6. The van der Waals surface area contributed by atoms with Crippen LogP contribution in [0.25, 0.3) is 6.08 Å². The largest absolute Gasteiger partial charge is 0.490 e. The first kappa shape index (κ1) is 25.9. The molecular formula is C26H21Cl2IN2O3. The predicted molar refractivity (Wildman–Crippen MR) is 145 cm³/mol. The Bertz CT molecular complexity index is 1270. The van der Waals surface area contributed by atoms with Gasteiger partial charge >= 0.3 is 0 Å². The maximum absolute atomic E-state index is 12.6. The number of hydrogen-bond acceptors (Lipinski definition) is 4. The van der Waals surface area contributed by atoms with Crippen molar-refractivity contribution in [3.05, 3.63) is 90.5 Å². The summed E-state index contributed by atoms with van der Waals surface area (Å²) >= 11 is 14.2. The Morgan fingerprint density at radius 3 is 2.47 bits per heavy atom. The topological polar surface area (TPSA) is 71.3 Å². The van der Waals surface area contributed by atoms with Gasteiger partial charge in [-0.3, -0.25) is 4.79 Å². The summed E-state index contributed by atoms with van der Waals surface area (Å²) < 4.78 is 12.6. The summed E-state index contributed by atoms with van der Waals surface area (Å²) in [7, 11) is 0. The molecule has 0 atom stereocenters. The van der Waals surface area contributed by atoms with Gasteiger partial charge in [-0.05, 0) is 90.0 Å². The Morgan fingerprint density at radius 1 is 1.09 bits per heavy atom. The van der Waals surface area contributed by atoms with Crippen molar-refractivity contribution in [3.63, 3.8) is 0 Å². The Kier molecular flexibility index (Phi) is 9.22. The van der Waals surface area contributed by atoms with Crippen molar-refractivity contribution in [1.82, 2.24) is 0 Å². The minimum Gasteiger partial charge on any atom is -0.490 e. The number of rotatable bonds is 8. The van der Waals surface area contributed by atoms with Crippen molar-refractivity contribution in [3.8, 4) is 17.6 Å². The molecular weight excluding hydrogens is 586 g/mol. The van der Waals surface area contributed by atoms with Gasteiger partial charge in [-0.15, -0.1) is 0 Å². The Hall–Kier alpha value is -2.73. The van der Waals surface area contributed by atoms with Crippen molar-refractivity contribution in [2.75, 3.05) is 11.9 Å². The molecule has 8 heteroatoms. The van der Waals surface area contributed by atoms with Crippen LogP contribution >= 0.6 is 45.8 Å². The first-order chi connectivity index (χ1) is 16.3. The van der Waals surface area contributed by atoms with Crippen molar-refractivity contribution in [2.45, 2.75) is 20.5 Å². The van der Waals surface area contributed by atoms with Crippen molar-refractivity contribution in [2.24, 2.45) is 0 Å². The van der Waals surface area contributed by atoms with E-state index in [1.54, 1.807) is 30.3 Å². The molecule has 0 aliphatic rings. The van der Waals surface area contributed by atoms with E-state index in [1.165, 1.54) is 6.08 Å². The first-order valence-corrected chi connectivity index (χ1v) is 12.2. The third-order valence-electron chi connectivity index (χ3n) is 4.68. The minimum atomic E-state index is -0.487. The van der Waals surface area contributed by atoms with E-state index in [-0.39, 0.29) is 12.2 Å². The molecule has 0 aliphatic heterocycles. The molecule has 3 rings (SSSR count). The predicted octanol–water partition coefficient (Wildman–Crippen LogP) is 7.43. The number of carbonyl (C=O) groups is 1. The highest BCUT2D eigenvalue weighted by Crippen LogP contribution is 2.36. The maximum Gasteiger partial charge on any atom is 0.266 e. The highest BCUT2D eigenvalue weighted by Gasteiger charge is 2.15. The van der Waals surface area contributed by atoms with Crippen LogP contribution in [0.3, 0.4) is 0 Å². The van der Waals surface area contributed by atoms with E-state index in [1.807, 2.05) is 44.2 Å². The van der Waals surface area contributed by atoms with Crippen molar-refractivity contribution < 1.29 is 14.3 Å². The second-order valence-electron chi connectivity index (χ2n) is 7.29. The second kappa shape index (κ2) is 12.1. The van der Waals surface area contributed by atoms with Crippen LogP contribution < -0.4 is 14.8 Å². The molecule has 34 heavy (non-hydrogen) atoms. The quantitative estimate of drug-likeness (QED) is 0.164. The lowest BCUT2D eigenvalue weighted by atomic mass is 10.1. The van der Waals surface area contributed by atoms with Crippen LogP contribution in [0, 0.1) is 21.8 Å². The molecule has 0 fully saturated rings. The third kappa shape index (κ3) is 6.89. The molecule has 3 aromatic carbocycles. The number of nitriles is 1. The highest BCUT2D eigenvalue weighted by atomic mass is 127. The zero-order valence-corrected chi connectivity index (χ0v) is 22.2. The average molecular weight is 607 g/mol. The standard InChI is InChI=1S/C26H21Cl2IN2O3/c1-3-33-24-13-18(10-19(14-30)26(32)31-20-7-4-16(2)5-8-20)12-23(29)25(24)34-15-17-6-9-21(27)22(28)11-17/h4-13H,3,15H2,1-2H3,(H,31,32)/b19-10-. The van der Waals surface area contributed by atoms with Gasteiger partial charge in [0.1, 0.15) is 18.2 Å². The van der Waals surface area contributed by atoms with Gasteiger partial charge in [-0.1, -0.05) is 47.0 Å². The number of nitrogens with zero attached hydrogens (tertiary/aromatic N) is 1. The average Bonchev–Trinajstić information content (AvgIpc) is 2.80. The van der Waals surface area contributed by atoms with Gasteiger partial charge in [0, 0.05) is 5.69 Å². The smallest absolute Gasteiger partial charge is 0.266 e. The maximum atomic E-state index is 12.6. The number of carbonyl (C=O) groups excluding carboxylic acids is 1. The molecule has 0 unspecified atom stereocenters. The normalized spacial score (nSPS) is 11.0. The summed E-state index contributed by atoms with van der Waals surface area (Å²) in [5.41, 5.74) is 3.17. The summed E-state index contributed by atoms with van der Waals surface area (Å²) in [6, 6.07) is 18.2. The number of amides is 1. The molecule has 1 N–H and O–H groups in total. The van der Waals surface area contributed by atoms with Crippen LogP contribution in [0.15, 0.2) is 60.2 Å². The molecule has 0 spiro atoms. The number of nitrogens with one attached hydrogen (secondary N) is 1. The summed E-state index contributed by atoms with van der Waals surface area (Å²) in [5, 5.41) is 13.2. The van der Waals surface area contributed by atoms with Gasteiger partial charge in [0.05, 0.1) is 20.2 Å². The van der Waals surface area contributed by atoms with Crippen molar-refractivity contribution in [1.29, 1.82) is 5.26 Å². The zero-order chi connectivity index (χ0) is 24.7. The fourth-order valence-corrected chi connectivity index (χ4v) is 4.11. The molecule has 0 bridgehead atoms. The molecule has 1 amide bonds. The van der Waals surface area contributed by atoms with Gasteiger partial charge in [0.25, 0.3) is 5.91 Å². The number of benzene rings is 3. The SMILES string of the molecule is CCOc1cc(/C=C(/C#N)C(=O)Nc2ccc(C)cc2)cc(I)c1OCc1ccc(Cl)c(Cl)c1. The van der Waals surface area contributed by atoms with Crippen LogP contribution in [-0.4, -0.2) is 12.5 Å². The number of halogens is 3. The number of aryl methyl sites for hydroxylation is 1. The Morgan fingerprint density at radius 2 is 1.82 bits per heavy atom. The molecule has 0 aliphatic carbocycles. The van der Waals surface area contributed by atoms with Crippen LogP contribution in [0.4, 0.5) is 5.69 Å². The van der Waals surface area contributed by atoms with Crippen LogP contribution in [-0.2, 0) is 11.4 Å². The van der Waals surface area contributed by atoms with Gasteiger partial charge in [0.15, 0.2) is 11.5 Å². The molecule has 174 valence electrons. The summed E-state index contributed by atoms with van der Waals surface area (Å²) in [5.74, 6) is 0.587. The highest BCUT2D eigenvalue weighted by molar-refractivity contribution is 14.1. The molecule has 0 heterocycles. The minimum absolute atomic E-state index is 0.0247. The fourth-order valence-electron chi connectivity index (χ4n) is 3.01. The molecule has 0 saturated heterocycles. The lowest BCUT2D eigenvalue weighted by Crippen LogP contribution is -2.13. The Labute approximate surface area is 222 Å². The summed E-state index contributed by atoms with van der Waals surface area (Å²) in [6.07, 6.45) is 1.52. The zero-order valence-electron chi connectivity index (χ0n) is 18.5. The van der Waals surface area contributed by atoms with Gasteiger partial charge in [-0.25, -0.2) is 0 Å².